The van der Waals surface area contributed by atoms with Gasteiger partial charge in [-0.1, -0.05) is 56.5 Å². The van der Waals surface area contributed by atoms with Gasteiger partial charge in [0, 0.05) is 6.04 Å². The second-order valence-electron chi connectivity index (χ2n) is 5.89. The lowest BCUT2D eigenvalue weighted by Crippen LogP contribution is -2.46. The molecule has 1 aliphatic carbocycles. The SMILES string of the molecule is CCC1CCCC(N[C@H](Cc2ccccc2)C(=O)O)C1. The fourth-order valence-corrected chi connectivity index (χ4v) is 3.17. The molecule has 0 spiro atoms. The standard InChI is InChI=1S/C17H25NO2/c1-2-13-9-6-10-15(11-13)18-16(17(19)20)12-14-7-4-3-5-8-14/h3-5,7-8,13,15-16,18H,2,6,9-12H2,1H3,(H,19,20)/t13?,15?,16-/m1/s1. The molecule has 3 nitrogen and oxygen atoms in total. The minimum atomic E-state index is -0.743. The second-order valence-corrected chi connectivity index (χ2v) is 5.89. The molecule has 0 heterocycles. The maximum absolute atomic E-state index is 11.5. The molecule has 0 amide bonds. The molecule has 110 valence electrons. The number of rotatable bonds is 6. The summed E-state index contributed by atoms with van der Waals surface area (Å²) in [5.74, 6) is 0.0138. The van der Waals surface area contributed by atoms with E-state index in [2.05, 4.69) is 12.2 Å². The first kappa shape index (κ1) is 15.0. The van der Waals surface area contributed by atoms with Crippen LogP contribution in [0.15, 0.2) is 30.3 Å². The van der Waals surface area contributed by atoms with Crippen molar-refractivity contribution in [1.29, 1.82) is 0 Å². The Balaban J connectivity index is 1.94. The Labute approximate surface area is 121 Å². The molecule has 1 aromatic rings. The summed E-state index contributed by atoms with van der Waals surface area (Å²) < 4.78 is 0. The van der Waals surface area contributed by atoms with Crippen LogP contribution in [0, 0.1) is 5.92 Å². The Morgan fingerprint density at radius 2 is 2.10 bits per heavy atom. The van der Waals surface area contributed by atoms with Crippen molar-refractivity contribution in [3.63, 3.8) is 0 Å². The zero-order chi connectivity index (χ0) is 14.4. The molecule has 3 heteroatoms. The molecule has 3 atom stereocenters. The molecule has 1 aliphatic rings. The van der Waals surface area contributed by atoms with Crippen molar-refractivity contribution in [2.24, 2.45) is 5.92 Å². The predicted octanol–water partition coefficient (Wildman–Crippen LogP) is 3.24. The molecule has 2 rings (SSSR count). The maximum Gasteiger partial charge on any atom is 0.321 e. The van der Waals surface area contributed by atoms with Gasteiger partial charge in [-0.3, -0.25) is 4.79 Å². The molecule has 1 saturated carbocycles. The minimum absolute atomic E-state index is 0.360. The van der Waals surface area contributed by atoms with Gasteiger partial charge in [0.2, 0.25) is 0 Å². The van der Waals surface area contributed by atoms with E-state index >= 15 is 0 Å². The van der Waals surface area contributed by atoms with Gasteiger partial charge in [0.25, 0.3) is 0 Å². The van der Waals surface area contributed by atoms with Crippen molar-refractivity contribution < 1.29 is 9.90 Å². The van der Waals surface area contributed by atoms with Crippen molar-refractivity contribution in [2.45, 2.75) is 57.5 Å². The van der Waals surface area contributed by atoms with E-state index in [0.29, 0.717) is 12.5 Å². The summed E-state index contributed by atoms with van der Waals surface area (Å²) in [6.45, 7) is 2.23. The van der Waals surface area contributed by atoms with Gasteiger partial charge in [-0.25, -0.2) is 0 Å². The molecule has 20 heavy (non-hydrogen) atoms. The number of carboxylic acids is 1. The molecule has 0 saturated heterocycles. The first-order chi connectivity index (χ1) is 9.69. The lowest BCUT2D eigenvalue weighted by atomic mass is 9.84. The summed E-state index contributed by atoms with van der Waals surface area (Å²) in [5, 5.41) is 12.8. The van der Waals surface area contributed by atoms with Crippen LogP contribution in [0.4, 0.5) is 0 Å². The van der Waals surface area contributed by atoms with Crippen LogP contribution in [0.25, 0.3) is 0 Å². The Kier molecular flexibility index (Phi) is 5.60. The Morgan fingerprint density at radius 3 is 2.75 bits per heavy atom. The monoisotopic (exact) mass is 275 g/mol. The summed E-state index contributed by atoms with van der Waals surface area (Å²) in [5.41, 5.74) is 1.08. The number of aliphatic carboxylic acids is 1. The normalized spacial score (nSPS) is 24.2. The van der Waals surface area contributed by atoms with Crippen LogP contribution < -0.4 is 5.32 Å². The molecular formula is C17H25NO2. The summed E-state index contributed by atoms with van der Waals surface area (Å²) >= 11 is 0. The third-order valence-corrected chi connectivity index (χ3v) is 4.38. The molecule has 2 N–H and O–H groups in total. The third kappa shape index (κ3) is 4.34. The summed E-state index contributed by atoms with van der Waals surface area (Å²) in [7, 11) is 0. The van der Waals surface area contributed by atoms with E-state index in [-0.39, 0.29) is 0 Å². The van der Waals surface area contributed by atoms with Gasteiger partial charge < -0.3 is 10.4 Å². The number of carbonyl (C=O) groups is 1. The van der Waals surface area contributed by atoms with Gasteiger partial charge in [0.1, 0.15) is 6.04 Å². The number of hydrogen-bond acceptors (Lipinski definition) is 2. The fraction of sp³-hybridized carbons (Fsp3) is 0.588. The highest BCUT2D eigenvalue weighted by Crippen LogP contribution is 2.27. The fourth-order valence-electron chi connectivity index (χ4n) is 3.17. The topological polar surface area (TPSA) is 49.3 Å². The largest absolute Gasteiger partial charge is 0.480 e. The van der Waals surface area contributed by atoms with Gasteiger partial charge in [-0.15, -0.1) is 0 Å². The Hall–Kier alpha value is -1.35. The zero-order valence-corrected chi connectivity index (χ0v) is 12.2. The van der Waals surface area contributed by atoms with Crippen LogP contribution in [0.3, 0.4) is 0 Å². The van der Waals surface area contributed by atoms with E-state index in [1.165, 1.54) is 19.3 Å². The summed E-state index contributed by atoms with van der Waals surface area (Å²) in [6.07, 6.45) is 6.50. The quantitative estimate of drug-likeness (QED) is 0.838. The highest BCUT2D eigenvalue weighted by molar-refractivity contribution is 5.74. The molecule has 0 bridgehead atoms. The summed E-state index contributed by atoms with van der Waals surface area (Å²) in [6, 6.07) is 9.75. The lowest BCUT2D eigenvalue weighted by Gasteiger charge is -2.31. The van der Waals surface area contributed by atoms with E-state index in [1.807, 2.05) is 30.3 Å². The van der Waals surface area contributed by atoms with E-state index in [9.17, 15) is 9.90 Å². The molecular weight excluding hydrogens is 250 g/mol. The molecule has 0 aromatic heterocycles. The van der Waals surface area contributed by atoms with Crippen LogP contribution in [0.2, 0.25) is 0 Å². The Morgan fingerprint density at radius 1 is 1.35 bits per heavy atom. The average Bonchev–Trinajstić information content (AvgIpc) is 2.48. The van der Waals surface area contributed by atoms with Gasteiger partial charge in [-0.2, -0.15) is 0 Å². The zero-order valence-electron chi connectivity index (χ0n) is 12.2. The minimum Gasteiger partial charge on any atom is -0.480 e. The molecule has 1 fully saturated rings. The number of hydrogen-bond donors (Lipinski definition) is 2. The van der Waals surface area contributed by atoms with Gasteiger partial charge in [0.15, 0.2) is 0 Å². The van der Waals surface area contributed by atoms with Gasteiger partial charge in [0.05, 0.1) is 0 Å². The highest BCUT2D eigenvalue weighted by atomic mass is 16.4. The van der Waals surface area contributed by atoms with Crippen molar-refractivity contribution in [2.75, 3.05) is 0 Å². The van der Waals surface area contributed by atoms with Gasteiger partial charge >= 0.3 is 5.97 Å². The maximum atomic E-state index is 11.5. The number of carboxylic acid groups (broad SMARTS) is 1. The van der Waals surface area contributed by atoms with Crippen LogP contribution in [-0.4, -0.2) is 23.2 Å². The average molecular weight is 275 g/mol. The smallest absolute Gasteiger partial charge is 0.321 e. The van der Waals surface area contributed by atoms with Gasteiger partial charge in [-0.05, 0) is 30.7 Å². The first-order valence-electron chi connectivity index (χ1n) is 7.71. The molecule has 2 unspecified atom stereocenters. The van der Waals surface area contributed by atoms with Crippen LogP contribution in [-0.2, 0) is 11.2 Å². The van der Waals surface area contributed by atoms with E-state index in [0.717, 1.165) is 24.3 Å². The molecule has 1 aromatic carbocycles. The van der Waals surface area contributed by atoms with Crippen LogP contribution in [0.1, 0.15) is 44.6 Å². The van der Waals surface area contributed by atoms with Crippen molar-refractivity contribution in [3.05, 3.63) is 35.9 Å². The molecule has 0 aliphatic heterocycles. The van der Waals surface area contributed by atoms with Crippen LogP contribution in [0.5, 0.6) is 0 Å². The highest BCUT2D eigenvalue weighted by Gasteiger charge is 2.26. The second kappa shape index (κ2) is 7.44. The number of benzene rings is 1. The van der Waals surface area contributed by atoms with E-state index in [1.54, 1.807) is 0 Å². The predicted molar refractivity (Wildman–Crippen MR) is 80.7 cm³/mol. The third-order valence-electron chi connectivity index (χ3n) is 4.38. The first-order valence-corrected chi connectivity index (χ1v) is 7.71. The van der Waals surface area contributed by atoms with Crippen molar-refractivity contribution in [1.82, 2.24) is 5.32 Å². The Bertz CT molecular complexity index is 418. The van der Waals surface area contributed by atoms with Crippen LogP contribution >= 0.6 is 0 Å². The van der Waals surface area contributed by atoms with Crippen molar-refractivity contribution >= 4 is 5.97 Å². The number of nitrogens with one attached hydrogen (secondary N) is 1. The van der Waals surface area contributed by atoms with Crippen molar-refractivity contribution in [3.8, 4) is 0 Å². The summed E-state index contributed by atoms with van der Waals surface area (Å²) in [4.78, 5) is 11.5. The van der Waals surface area contributed by atoms with E-state index < -0.39 is 12.0 Å². The lowest BCUT2D eigenvalue weighted by molar-refractivity contribution is -0.139. The van der Waals surface area contributed by atoms with E-state index in [4.69, 9.17) is 0 Å². The molecule has 0 radical (unpaired) electrons.